The van der Waals surface area contributed by atoms with Gasteiger partial charge in [-0.2, -0.15) is 0 Å². The topological polar surface area (TPSA) is 49.3 Å². The lowest BCUT2D eigenvalue weighted by molar-refractivity contribution is -0.141. The molecule has 1 saturated heterocycles. The van der Waals surface area contributed by atoms with Gasteiger partial charge in [0.1, 0.15) is 0 Å². The number of unbranched alkanes of at least 4 members (excludes halogenated alkanes) is 1. The maximum absolute atomic E-state index is 11.3. The standard InChI is InChI=1S/C18H25NO2/c20-18(21)16(14-15-8-3-1-4-9-15)10-5-2-6-11-17-12-7-13-19-17/h1,3-4,6,8-9,11,16-17,19H,2,5,7,10,12-14H2,(H,20,21)/t16-,17+/m0/s1. The second kappa shape index (κ2) is 8.63. The lowest BCUT2D eigenvalue weighted by Crippen LogP contribution is -2.18. The number of carbonyl (C=O) groups is 1. The maximum Gasteiger partial charge on any atom is 0.306 e. The van der Waals surface area contributed by atoms with Crippen molar-refractivity contribution in [3.63, 3.8) is 0 Å². The normalized spacial score (nSPS) is 19.9. The van der Waals surface area contributed by atoms with Crippen molar-refractivity contribution in [3.05, 3.63) is 48.0 Å². The fourth-order valence-corrected chi connectivity index (χ4v) is 2.83. The Morgan fingerprint density at radius 1 is 1.38 bits per heavy atom. The van der Waals surface area contributed by atoms with E-state index in [1.807, 2.05) is 30.3 Å². The molecule has 2 rings (SSSR count). The molecule has 0 spiro atoms. The van der Waals surface area contributed by atoms with Crippen molar-refractivity contribution >= 4 is 5.97 Å². The van der Waals surface area contributed by atoms with Gasteiger partial charge in [-0.25, -0.2) is 0 Å². The molecule has 1 heterocycles. The van der Waals surface area contributed by atoms with Crippen molar-refractivity contribution in [2.24, 2.45) is 5.92 Å². The summed E-state index contributed by atoms with van der Waals surface area (Å²) in [5.74, 6) is -0.953. The Morgan fingerprint density at radius 2 is 2.19 bits per heavy atom. The molecule has 3 nitrogen and oxygen atoms in total. The molecule has 0 radical (unpaired) electrons. The molecule has 1 aromatic rings. The largest absolute Gasteiger partial charge is 0.481 e. The second-order valence-electron chi connectivity index (χ2n) is 5.79. The van der Waals surface area contributed by atoms with E-state index >= 15 is 0 Å². The first-order chi connectivity index (χ1) is 10.3. The van der Waals surface area contributed by atoms with Gasteiger partial charge in [-0.05, 0) is 50.6 Å². The quantitative estimate of drug-likeness (QED) is 0.569. The molecule has 0 aromatic heterocycles. The first-order valence-electron chi connectivity index (χ1n) is 7.92. The van der Waals surface area contributed by atoms with Crippen molar-refractivity contribution in [2.75, 3.05) is 6.54 Å². The van der Waals surface area contributed by atoms with Crippen LogP contribution in [0.25, 0.3) is 0 Å². The second-order valence-corrected chi connectivity index (χ2v) is 5.79. The molecule has 1 aliphatic heterocycles. The third-order valence-electron chi connectivity index (χ3n) is 4.06. The number of rotatable bonds is 8. The monoisotopic (exact) mass is 287 g/mol. The summed E-state index contributed by atoms with van der Waals surface area (Å²) in [6.07, 6.45) is 10.2. The summed E-state index contributed by atoms with van der Waals surface area (Å²) >= 11 is 0. The van der Waals surface area contributed by atoms with Gasteiger partial charge in [0.2, 0.25) is 0 Å². The van der Waals surface area contributed by atoms with E-state index in [9.17, 15) is 9.90 Å². The Hall–Kier alpha value is -1.61. The van der Waals surface area contributed by atoms with Crippen LogP contribution >= 0.6 is 0 Å². The van der Waals surface area contributed by atoms with Crippen LogP contribution in [0.1, 0.15) is 37.7 Å². The maximum atomic E-state index is 11.3. The molecule has 1 fully saturated rings. The first kappa shape index (κ1) is 15.8. The summed E-state index contributed by atoms with van der Waals surface area (Å²) in [5, 5.41) is 12.8. The van der Waals surface area contributed by atoms with Crippen molar-refractivity contribution < 1.29 is 9.90 Å². The van der Waals surface area contributed by atoms with E-state index in [1.165, 1.54) is 12.8 Å². The van der Waals surface area contributed by atoms with Gasteiger partial charge in [0.05, 0.1) is 5.92 Å². The highest BCUT2D eigenvalue weighted by Gasteiger charge is 2.17. The molecule has 1 aromatic carbocycles. The van der Waals surface area contributed by atoms with Gasteiger partial charge in [-0.3, -0.25) is 4.79 Å². The van der Waals surface area contributed by atoms with E-state index in [-0.39, 0.29) is 5.92 Å². The van der Waals surface area contributed by atoms with Crippen LogP contribution in [-0.4, -0.2) is 23.7 Å². The number of carboxylic acid groups (broad SMARTS) is 1. The minimum atomic E-state index is -0.680. The number of aliphatic carboxylic acids is 1. The zero-order valence-electron chi connectivity index (χ0n) is 12.5. The van der Waals surface area contributed by atoms with Gasteiger partial charge in [0.25, 0.3) is 0 Å². The molecular weight excluding hydrogens is 262 g/mol. The van der Waals surface area contributed by atoms with E-state index in [0.717, 1.165) is 31.4 Å². The van der Waals surface area contributed by atoms with Crippen LogP contribution in [0.2, 0.25) is 0 Å². The minimum Gasteiger partial charge on any atom is -0.481 e. The molecule has 2 N–H and O–H groups in total. The molecule has 0 amide bonds. The van der Waals surface area contributed by atoms with Crippen molar-refractivity contribution in [1.29, 1.82) is 0 Å². The third-order valence-corrected chi connectivity index (χ3v) is 4.06. The van der Waals surface area contributed by atoms with Crippen LogP contribution in [-0.2, 0) is 11.2 Å². The number of hydrogen-bond donors (Lipinski definition) is 2. The third kappa shape index (κ3) is 5.72. The molecule has 2 atom stereocenters. The van der Waals surface area contributed by atoms with Crippen LogP contribution in [0.3, 0.4) is 0 Å². The van der Waals surface area contributed by atoms with Crippen LogP contribution in [0.5, 0.6) is 0 Å². The van der Waals surface area contributed by atoms with Crippen molar-refractivity contribution in [3.8, 4) is 0 Å². The smallest absolute Gasteiger partial charge is 0.306 e. The molecule has 1 aliphatic rings. The molecule has 21 heavy (non-hydrogen) atoms. The van der Waals surface area contributed by atoms with Crippen LogP contribution < -0.4 is 5.32 Å². The summed E-state index contributed by atoms with van der Waals surface area (Å²) in [7, 11) is 0. The number of hydrogen-bond acceptors (Lipinski definition) is 2. The SMILES string of the molecule is O=C(O)[C@@H](CCCC=C[C@@H]1CCCN1)Cc1ccccc1. The predicted octanol–water partition coefficient (Wildman–Crippen LogP) is 3.41. The highest BCUT2D eigenvalue weighted by molar-refractivity contribution is 5.70. The Bertz CT molecular complexity index is 450. The summed E-state index contributed by atoms with van der Waals surface area (Å²) in [6, 6.07) is 10.4. The predicted molar refractivity (Wildman–Crippen MR) is 85.3 cm³/mol. The Morgan fingerprint density at radius 3 is 2.86 bits per heavy atom. The van der Waals surface area contributed by atoms with Crippen molar-refractivity contribution in [2.45, 2.75) is 44.6 Å². The minimum absolute atomic E-state index is 0.273. The van der Waals surface area contributed by atoms with E-state index in [1.54, 1.807) is 0 Å². The van der Waals surface area contributed by atoms with Gasteiger partial charge < -0.3 is 10.4 Å². The van der Waals surface area contributed by atoms with Crippen LogP contribution in [0, 0.1) is 5.92 Å². The summed E-state index contributed by atoms with van der Waals surface area (Å²) < 4.78 is 0. The van der Waals surface area contributed by atoms with E-state index in [0.29, 0.717) is 12.5 Å². The zero-order chi connectivity index (χ0) is 14.9. The first-order valence-corrected chi connectivity index (χ1v) is 7.92. The van der Waals surface area contributed by atoms with Gasteiger partial charge in [0.15, 0.2) is 0 Å². The molecular formula is C18H25NO2. The van der Waals surface area contributed by atoms with E-state index in [4.69, 9.17) is 0 Å². The number of allylic oxidation sites excluding steroid dienone is 1. The Labute approximate surface area is 127 Å². The Balaban J connectivity index is 1.71. The molecule has 0 saturated carbocycles. The van der Waals surface area contributed by atoms with Gasteiger partial charge in [-0.15, -0.1) is 0 Å². The summed E-state index contributed by atoms with van der Waals surface area (Å²) in [5.41, 5.74) is 1.11. The average Bonchev–Trinajstić information content (AvgIpc) is 3.00. The lowest BCUT2D eigenvalue weighted by Gasteiger charge is -2.11. The lowest BCUT2D eigenvalue weighted by atomic mass is 9.94. The van der Waals surface area contributed by atoms with Gasteiger partial charge in [0, 0.05) is 6.04 Å². The highest BCUT2D eigenvalue weighted by Crippen LogP contribution is 2.16. The molecule has 3 heteroatoms. The van der Waals surface area contributed by atoms with Gasteiger partial charge >= 0.3 is 5.97 Å². The Kier molecular flexibility index (Phi) is 6.48. The van der Waals surface area contributed by atoms with Crippen molar-refractivity contribution in [1.82, 2.24) is 5.32 Å². The number of benzene rings is 1. The number of carboxylic acids is 1. The van der Waals surface area contributed by atoms with Crippen LogP contribution in [0.15, 0.2) is 42.5 Å². The molecule has 114 valence electrons. The average molecular weight is 287 g/mol. The fraction of sp³-hybridized carbons (Fsp3) is 0.500. The van der Waals surface area contributed by atoms with Crippen LogP contribution in [0.4, 0.5) is 0 Å². The summed E-state index contributed by atoms with van der Waals surface area (Å²) in [4.78, 5) is 11.3. The summed E-state index contributed by atoms with van der Waals surface area (Å²) in [6.45, 7) is 1.12. The number of nitrogens with one attached hydrogen (secondary N) is 1. The van der Waals surface area contributed by atoms with E-state index < -0.39 is 5.97 Å². The molecule has 0 unspecified atom stereocenters. The molecule has 0 bridgehead atoms. The zero-order valence-corrected chi connectivity index (χ0v) is 12.5. The highest BCUT2D eigenvalue weighted by atomic mass is 16.4. The fourth-order valence-electron chi connectivity index (χ4n) is 2.83. The van der Waals surface area contributed by atoms with Gasteiger partial charge in [-0.1, -0.05) is 42.5 Å². The van der Waals surface area contributed by atoms with E-state index in [2.05, 4.69) is 17.5 Å². The molecule has 0 aliphatic carbocycles.